The first-order valence-electron chi connectivity index (χ1n) is 6.48. The Balaban J connectivity index is 1.84. The van der Waals surface area contributed by atoms with Gasteiger partial charge in [0.05, 0.1) is 6.10 Å². The van der Waals surface area contributed by atoms with Crippen molar-refractivity contribution in [1.82, 2.24) is 0 Å². The minimum Gasteiger partial charge on any atom is -0.368 e. The smallest absolute Gasteiger partial charge is 0.154 e. The van der Waals surface area contributed by atoms with E-state index in [1.807, 2.05) is 0 Å². The number of aliphatic hydroxyl groups excluding tert-OH is 1. The fourth-order valence-electron chi connectivity index (χ4n) is 4.19. The van der Waals surface area contributed by atoms with Crippen LogP contribution < -0.4 is 0 Å². The molecule has 2 aliphatic carbocycles. The minimum atomic E-state index is -0.567. The second-order valence-electron chi connectivity index (χ2n) is 5.89. The third kappa shape index (κ3) is 1.37. The summed E-state index contributed by atoms with van der Waals surface area (Å²) in [5, 5.41) is 9.52. The van der Waals surface area contributed by atoms with Gasteiger partial charge in [-0.15, -0.1) is 0 Å². The molecule has 0 radical (unpaired) electrons. The van der Waals surface area contributed by atoms with Crippen LogP contribution in [0.5, 0.6) is 0 Å². The van der Waals surface area contributed by atoms with Gasteiger partial charge in [-0.05, 0) is 43.9 Å². The lowest BCUT2D eigenvalue weighted by Crippen LogP contribution is -2.48. The molecule has 0 amide bonds. The van der Waals surface area contributed by atoms with Gasteiger partial charge >= 0.3 is 0 Å². The number of ketones is 1. The lowest BCUT2D eigenvalue weighted by molar-refractivity contribution is -0.209. The average Bonchev–Trinajstić information content (AvgIpc) is 2.56. The first kappa shape index (κ1) is 10.7. The van der Waals surface area contributed by atoms with Gasteiger partial charge in [0.25, 0.3) is 0 Å². The lowest BCUT2D eigenvalue weighted by atomic mass is 9.61. The molecule has 1 aliphatic heterocycles. The van der Waals surface area contributed by atoms with Crippen LogP contribution in [0.3, 0.4) is 0 Å². The van der Waals surface area contributed by atoms with Gasteiger partial charge in [-0.3, -0.25) is 4.79 Å². The summed E-state index contributed by atoms with van der Waals surface area (Å²) in [5.74, 6) is 1.47. The van der Waals surface area contributed by atoms with E-state index >= 15 is 0 Å². The molecular weight excluding hydrogens is 204 g/mol. The molecule has 1 N–H and O–H groups in total. The third-order valence-corrected chi connectivity index (χ3v) is 5.16. The number of fused-ring (bicyclic) bond motifs is 3. The molecular formula is C13H20O3. The van der Waals surface area contributed by atoms with E-state index in [-0.39, 0.29) is 11.5 Å². The van der Waals surface area contributed by atoms with Crippen LogP contribution in [0.15, 0.2) is 0 Å². The zero-order valence-electron chi connectivity index (χ0n) is 9.82. The summed E-state index contributed by atoms with van der Waals surface area (Å²) >= 11 is 0. The normalized spacial score (nSPS) is 52.2. The molecule has 5 atom stereocenters. The summed E-state index contributed by atoms with van der Waals surface area (Å²) in [7, 11) is 0. The molecule has 1 saturated heterocycles. The van der Waals surface area contributed by atoms with Gasteiger partial charge in [0.1, 0.15) is 5.78 Å². The number of rotatable bonds is 0. The van der Waals surface area contributed by atoms with E-state index in [1.54, 1.807) is 0 Å². The summed E-state index contributed by atoms with van der Waals surface area (Å²) in [6, 6.07) is 0. The number of hydrogen-bond acceptors (Lipinski definition) is 3. The van der Waals surface area contributed by atoms with Crippen LogP contribution in [0.1, 0.15) is 45.4 Å². The molecule has 3 aliphatic rings. The third-order valence-electron chi connectivity index (χ3n) is 5.16. The summed E-state index contributed by atoms with van der Waals surface area (Å²) in [6.07, 6.45) is 5.09. The Morgan fingerprint density at radius 3 is 2.94 bits per heavy atom. The predicted octanol–water partition coefficient (Wildman–Crippen LogP) is 1.88. The van der Waals surface area contributed by atoms with E-state index < -0.39 is 6.29 Å². The van der Waals surface area contributed by atoms with E-state index in [9.17, 15) is 9.90 Å². The van der Waals surface area contributed by atoms with Crippen molar-refractivity contribution in [2.75, 3.05) is 0 Å². The molecule has 0 spiro atoms. The second-order valence-corrected chi connectivity index (χ2v) is 5.89. The van der Waals surface area contributed by atoms with E-state index in [4.69, 9.17) is 4.74 Å². The number of aliphatic hydroxyl groups is 1. The van der Waals surface area contributed by atoms with Gasteiger partial charge in [-0.25, -0.2) is 0 Å². The van der Waals surface area contributed by atoms with Crippen LogP contribution in [0, 0.1) is 17.3 Å². The van der Waals surface area contributed by atoms with Crippen molar-refractivity contribution in [3.05, 3.63) is 0 Å². The summed E-state index contributed by atoms with van der Waals surface area (Å²) in [4.78, 5) is 12.0. The van der Waals surface area contributed by atoms with Crippen LogP contribution in [0.2, 0.25) is 0 Å². The first-order valence-corrected chi connectivity index (χ1v) is 6.48. The molecule has 0 aromatic rings. The Bertz CT molecular complexity index is 314. The van der Waals surface area contributed by atoms with Crippen LogP contribution in [-0.4, -0.2) is 23.3 Å². The molecule has 0 aromatic carbocycles. The Kier molecular flexibility index (Phi) is 2.37. The van der Waals surface area contributed by atoms with Crippen LogP contribution in [0.25, 0.3) is 0 Å². The molecule has 0 bridgehead atoms. The van der Waals surface area contributed by atoms with Gasteiger partial charge in [0.15, 0.2) is 6.29 Å². The first-order chi connectivity index (χ1) is 7.61. The van der Waals surface area contributed by atoms with Gasteiger partial charge in [0, 0.05) is 11.8 Å². The molecule has 0 unspecified atom stereocenters. The number of carbonyl (C=O) groups excluding carboxylic acids is 1. The molecule has 3 rings (SSSR count). The van der Waals surface area contributed by atoms with Crippen LogP contribution >= 0.6 is 0 Å². The molecule has 1 heterocycles. The van der Waals surface area contributed by atoms with E-state index in [0.29, 0.717) is 17.6 Å². The zero-order chi connectivity index (χ0) is 11.3. The fourth-order valence-corrected chi connectivity index (χ4v) is 4.19. The SMILES string of the molecule is C[C@]12CC[C@H]3O[C@@H](O)CC[C@H]3[C@@H]1CCC2=O. The minimum absolute atomic E-state index is 0.0766. The quantitative estimate of drug-likeness (QED) is 0.683. The largest absolute Gasteiger partial charge is 0.368 e. The van der Waals surface area contributed by atoms with E-state index in [2.05, 4.69) is 6.92 Å². The van der Waals surface area contributed by atoms with Crippen molar-refractivity contribution < 1.29 is 14.6 Å². The number of ether oxygens (including phenoxy) is 1. The molecule has 90 valence electrons. The maximum absolute atomic E-state index is 12.0. The molecule has 3 heteroatoms. The van der Waals surface area contributed by atoms with Crippen LogP contribution in [-0.2, 0) is 9.53 Å². The Hall–Kier alpha value is -0.410. The standard InChI is InChI=1S/C13H20O3/c1-13-7-6-10-8(2-5-12(15)16-10)9(13)3-4-11(13)14/h8-10,12,15H,2-7H2,1H3/t8-,9-,10+,12+,13-/m0/s1. The molecule has 3 fully saturated rings. The number of Topliss-reactive ketones (excluding diaryl/α,β-unsaturated/α-hetero) is 1. The number of hydrogen-bond donors (Lipinski definition) is 1. The predicted molar refractivity (Wildman–Crippen MR) is 58.7 cm³/mol. The van der Waals surface area contributed by atoms with Crippen LogP contribution in [0.4, 0.5) is 0 Å². The molecule has 3 nitrogen and oxygen atoms in total. The average molecular weight is 224 g/mol. The summed E-state index contributed by atoms with van der Waals surface area (Å²) in [5.41, 5.74) is -0.0766. The molecule has 0 aromatic heterocycles. The fraction of sp³-hybridized carbons (Fsp3) is 0.923. The Morgan fingerprint density at radius 1 is 1.31 bits per heavy atom. The Labute approximate surface area is 96.2 Å². The lowest BCUT2D eigenvalue weighted by Gasteiger charge is -2.48. The maximum atomic E-state index is 12.0. The maximum Gasteiger partial charge on any atom is 0.154 e. The van der Waals surface area contributed by atoms with E-state index in [0.717, 1.165) is 38.5 Å². The molecule has 2 saturated carbocycles. The highest BCUT2D eigenvalue weighted by Gasteiger charge is 2.54. The van der Waals surface area contributed by atoms with Crippen molar-refractivity contribution in [2.24, 2.45) is 17.3 Å². The van der Waals surface area contributed by atoms with Gasteiger partial charge in [-0.1, -0.05) is 6.92 Å². The van der Waals surface area contributed by atoms with E-state index in [1.165, 1.54) is 0 Å². The highest BCUT2D eigenvalue weighted by atomic mass is 16.6. The Morgan fingerprint density at radius 2 is 2.12 bits per heavy atom. The topological polar surface area (TPSA) is 46.5 Å². The van der Waals surface area contributed by atoms with Crippen molar-refractivity contribution in [3.8, 4) is 0 Å². The van der Waals surface area contributed by atoms with Gasteiger partial charge < -0.3 is 9.84 Å². The second kappa shape index (κ2) is 3.54. The van der Waals surface area contributed by atoms with Crippen molar-refractivity contribution in [1.29, 1.82) is 0 Å². The van der Waals surface area contributed by atoms with Gasteiger partial charge in [0.2, 0.25) is 0 Å². The summed E-state index contributed by atoms with van der Waals surface area (Å²) in [6.45, 7) is 2.15. The van der Waals surface area contributed by atoms with Crippen molar-refractivity contribution in [2.45, 2.75) is 57.8 Å². The highest BCUT2D eigenvalue weighted by molar-refractivity contribution is 5.87. The summed E-state index contributed by atoms with van der Waals surface area (Å²) < 4.78 is 5.62. The van der Waals surface area contributed by atoms with Crippen molar-refractivity contribution in [3.63, 3.8) is 0 Å². The zero-order valence-corrected chi connectivity index (χ0v) is 9.82. The number of carbonyl (C=O) groups is 1. The molecule has 16 heavy (non-hydrogen) atoms. The van der Waals surface area contributed by atoms with Crippen molar-refractivity contribution >= 4 is 5.78 Å². The monoisotopic (exact) mass is 224 g/mol. The van der Waals surface area contributed by atoms with Gasteiger partial charge in [-0.2, -0.15) is 0 Å². The highest BCUT2D eigenvalue weighted by Crippen LogP contribution is 2.55.